The van der Waals surface area contributed by atoms with Gasteiger partial charge in [0.1, 0.15) is 11.3 Å². The van der Waals surface area contributed by atoms with E-state index >= 15 is 0 Å². The molecule has 0 aliphatic heterocycles. The molecule has 1 aliphatic carbocycles. The molecule has 1 aromatic rings. The minimum atomic E-state index is -0.135. The fourth-order valence-corrected chi connectivity index (χ4v) is 2.76. The number of benzene rings is 1. The Morgan fingerprint density at radius 3 is 2.60 bits per heavy atom. The molecule has 1 fully saturated rings. The summed E-state index contributed by atoms with van der Waals surface area (Å²) in [6, 6.07) is 5.50. The highest BCUT2D eigenvalue weighted by Gasteiger charge is 2.28. The number of nitrogen functional groups attached to an aromatic ring is 1. The van der Waals surface area contributed by atoms with E-state index in [4.69, 9.17) is 10.5 Å². The lowest BCUT2D eigenvalue weighted by atomic mass is 9.75. The van der Waals surface area contributed by atoms with Crippen LogP contribution in [0.15, 0.2) is 18.2 Å². The quantitative estimate of drug-likeness (QED) is 0.834. The summed E-state index contributed by atoms with van der Waals surface area (Å²) in [5.41, 5.74) is 7.20. The third-order valence-electron chi connectivity index (χ3n) is 4.18. The van der Waals surface area contributed by atoms with Gasteiger partial charge in [0, 0.05) is 11.7 Å². The number of anilines is 1. The standard InChI is InChI=1S/C16H24N2O2/c1-16(2)9-7-11(8-10-16)18-15(19)14-12(17)5-4-6-13(14)20-3/h4-6,11H,7-10,17H2,1-3H3,(H,18,19). The normalized spacial score (nSPS) is 18.6. The third kappa shape index (κ3) is 3.24. The first kappa shape index (κ1) is 14.7. The Labute approximate surface area is 120 Å². The van der Waals surface area contributed by atoms with E-state index in [1.807, 2.05) is 0 Å². The van der Waals surface area contributed by atoms with Crippen LogP contribution in [0.3, 0.4) is 0 Å². The zero-order valence-corrected chi connectivity index (χ0v) is 12.5. The molecule has 1 saturated carbocycles. The minimum absolute atomic E-state index is 0.135. The van der Waals surface area contributed by atoms with Gasteiger partial charge < -0.3 is 15.8 Å². The zero-order valence-electron chi connectivity index (χ0n) is 12.5. The summed E-state index contributed by atoms with van der Waals surface area (Å²) in [6.45, 7) is 4.56. The van der Waals surface area contributed by atoms with Crippen molar-refractivity contribution in [2.45, 2.75) is 45.6 Å². The maximum atomic E-state index is 12.4. The van der Waals surface area contributed by atoms with Gasteiger partial charge in [-0.05, 0) is 43.2 Å². The maximum absolute atomic E-state index is 12.4. The second-order valence-corrected chi connectivity index (χ2v) is 6.34. The molecule has 1 amide bonds. The van der Waals surface area contributed by atoms with Crippen molar-refractivity contribution in [3.05, 3.63) is 23.8 Å². The Morgan fingerprint density at radius 2 is 2.00 bits per heavy atom. The number of carbonyl (C=O) groups is 1. The van der Waals surface area contributed by atoms with Gasteiger partial charge in [-0.1, -0.05) is 19.9 Å². The van der Waals surface area contributed by atoms with Crippen LogP contribution in [0.25, 0.3) is 0 Å². The van der Waals surface area contributed by atoms with E-state index in [0.29, 0.717) is 22.4 Å². The van der Waals surface area contributed by atoms with Gasteiger partial charge in [-0.15, -0.1) is 0 Å². The predicted octanol–water partition coefficient (Wildman–Crippen LogP) is 2.98. The van der Waals surface area contributed by atoms with Crippen LogP contribution in [0.2, 0.25) is 0 Å². The largest absolute Gasteiger partial charge is 0.496 e. The first-order chi connectivity index (χ1) is 9.43. The molecule has 0 saturated heterocycles. The number of nitrogens with two attached hydrogens (primary N) is 1. The van der Waals surface area contributed by atoms with Crippen molar-refractivity contribution in [2.24, 2.45) is 5.41 Å². The van der Waals surface area contributed by atoms with E-state index < -0.39 is 0 Å². The van der Waals surface area contributed by atoms with Gasteiger partial charge in [0.15, 0.2) is 0 Å². The molecule has 0 unspecified atom stereocenters. The highest BCUT2D eigenvalue weighted by molar-refractivity contribution is 6.02. The highest BCUT2D eigenvalue weighted by Crippen LogP contribution is 2.35. The van der Waals surface area contributed by atoms with Crippen LogP contribution in [-0.2, 0) is 0 Å². The summed E-state index contributed by atoms with van der Waals surface area (Å²) in [5, 5.41) is 3.09. The number of methoxy groups -OCH3 is 1. The molecule has 1 aliphatic rings. The summed E-state index contributed by atoms with van der Waals surface area (Å²) < 4.78 is 5.23. The second-order valence-electron chi connectivity index (χ2n) is 6.34. The number of hydrogen-bond donors (Lipinski definition) is 2. The number of rotatable bonds is 3. The average Bonchev–Trinajstić information content (AvgIpc) is 2.40. The van der Waals surface area contributed by atoms with Crippen molar-refractivity contribution >= 4 is 11.6 Å². The van der Waals surface area contributed by atoms with E-state index in [-0.39, 0.29) is 11.9 Å². The lowest BCUT2D eigenvalue weighted by Crippen LogP contribution is -2.39. The molecule has 0 heterocycles. The van der Waals surface area contributed by atoms with Crippen LogP contribution in [0, 0.1) is 5.41 Å². The molecule has 0 radical (unpaired) electrons. The van der Waals surface area contributed by atoms with Gasteiger partial charge in [0.2, 0.25) is 0 Å². The molecular formula is C16H24N2O2. The fourth-order valence-electron chi connectivity index (χ4n) is 2.76. The number of nitrogens with one attached hydrogen (secondary N) is 1. The Kier molecular flexibility index (Phi) is 4.21. The molecule has 0 atom stereocenters. The van der Waals surface area contributed by atoms with Crippen LogP contribution >= 0.6 is 0 Å². The zero-order chi connectivity index (χ0) is 14.8. The SMILES string of the molecule is COc1cccc(N)c1C(=O)NC1CCC(C)(C)CC1. The molecule has 0 bridgehead atoms. The van der Waals surface area contributed by atoms with Crippen molar-refractivity contribution < 1.29 is 9.53 Å². The second kappa shape index (κ2) is 5.73. The van der Waals surface area contributed by atoms with Crippen molar-refractivity contribution in [2.75, 3.05) is 12.8 Å². The Bertz CT molecular complexity index is 487. The topological polar surface area (TPSA) is 64.3 Å². The van der Waals surface area contributed by atoms with Crippen LogP contribution in [0.5, 0.6) is 5.75 Å². The third-order valence-corrected chi connectivity index (χ3v) is 4.18. The number of amides is 1. The highest BCUT2D eigenvalue weighted by atomic mass is 16.5. The summed E-state index contributed by atoms with van der Waals surface area (Å²) >= 11 is 0. The Hall–Kier alpha value is -1.71. The Balaban J connectivity index is 2.06. The van der Waals surface area contributed by atoms with E-state index in [9.17, 15) is 4.79 Å². The first-order valence-electron chi connectivity index (χ1n) is 7.16. The molecule has 20 heavy (non-hydrogen) atoms. The number of ether oxygens (including phenoxy) is 1. The minimum Gasteiger partial charge on any atom is -0.496 e. The summed E-state index contributed by atoms with van der Waals surface area (Å²) in [4.78, 5) is 12.4. The average molecular weight is 276 g/mol. The molecule has 0 spiro atoms. The van der Waals surface area contributed by atoms with Gasteiger partial charge in [0.05, 0.1) is 7.11 Å². The summed E-state index contributed by atoms with van der Waals surface area (Å²) in [7, 11) is 1.55. The number of hydrogen-bond acceptors (Lipinski definition) is 3. The van der Waals surface area contributed by atoms with Gasteiger partial charge in [-0.3, -0.25) is 4.79 Å². The molecular weight excluding hydrogens is 252 g/mol. The monoisotopic (exact) mass is 276 g/mol. The molecule has 3 N–H and O–H groups in total. The van der Waals surface area contributed by atoms with E-state index in [0.717, 1.165) is 25.7 Å². The Morgan fingerprint density at radius 1 is 1.35 bits per heavy atom. The van der Waals surface area contributed by atoms with Gasteiger partial charge >= 0.3 is 0 Å². The van der Waals surface area contributed by atoms with Crippen LogP contribution in [-0.4, -0.2) is 19.1 Å². The van der Waals surface area contributed by atoms with Crippen molar-refractivity contribution in [1.82, 2.24) is 5.32 Å². The van der Waals surface area contributed by atoms with Crippen molar-refractivity contribution in [1.29, 1.82) is 0 Å². The lowest BCUT2D eigenvalue weighted by Gasteiger charge is -2.34. The molecule has 1 aromatic carbocycles. The lowest BCUT2D eigenvalue weighted by molar-refractivity contribution is 0.0907. The number of carbonyl (C=O) groups excluding carboxylic acids is 1. The molecule has 110 valence electrons. The smallest absolute Gasteiger partial charge is 0.257 e. The van der Waals surface area contributed by atoms with Crippen LogP contribution in [0.1, 0.15) is 49.9 Å². The molecule has 4 heteroatoms. The first-order valence-corrected chi connectivity index (χ1v) is 7.16. The molecule has 0 aromatic heterocycles. The van der Waals surface area contributed by atoms with Crippen LogP contribution < -0.4 is 15.8 Å². The van der Waals surface area contributed by atoms with Crippen LogP contribution in [0.4, 0.5) is 5.69 Å². The van der Waals surface area contributed by atoms with E-state index in [1.54, 1.807) is 25.3 Å². The van der Waals surface area contributed by atoms with E-state index in [1.165, 1.54) is 0 Å². The van der Waals surface area contributed by atoms with Gasteiger partial charge in [-0.2, -0.15) is 0 Å². The predicted molar refractivity (Wildman–Crippen MR) is 80.9 cm³/mol. The van der Waals surface area contributed by atoms with Gasteiger partial charge in [0.25, 0.3) is 5.91 Å². The fraction of sp³-hybridized carbons (Fsp3) is 0.562. The van der Waals surface area contributed by atoms with Gasteiger partial charge in [-0.25, -0.2) is 0 Å². The van der Waals surface area contributed by atoms with Crippen molar-refractivity contribution in [3.63, 3.8) is 0 Å². The summed E-state index contributed by atoms with van der Waals surface area (Å²) in [5.74, 6) is 0.392. The molecule has 4 nitrogen and oxygen atoms in total. The van der Waals surface area contributed by atoms with Crippen molar-refractivity contribution in [3.8, 4) is 5.75 Å². The summed E-state index contributed by atoms with van der Waals surface area (Å²) in [6.07, 6.45) is 4.32. The van der Waals surface area contributed by atoms with E-state index in [2.05, 4.69) is 19.2 Å². The molecule has 2 rings (SSSR count). The maximum Gasteiger partial charge on any atom is 0.257 e.